The van der Waals surface area contributed by atoms with Gasteiger partial charge in [-0.3, -0.25) is 14.9 Å². The third-order valence-corrected chi connectivity index (χ3v) is 5.23. The third kappa shape index (κ3) is 4.45. The van der Waals surface area contributed by atoms with E-state index >= 15 is 0 Å². The molecule has 142 valence electrons. The summed E-state index contributed by atoms with van der Waals surface area (Å²) in [6, 6.07) is 12.7. The number of rotatable bonds is 5. The SMILES string of the molecule is COc1ccc(CC2CCN(C(=O)c3ccc([N+](=O)[O-])c(C)c3)CC2)cc1. The second-order valence-corrected chi connectivity index (χ2v) is 7.05. The van der Waals surface area contributed by atoms with Gasteiger partial charge in [0.15, 0.2) is 0 Å². The Morgan fingerprint density at radius 3 is 2.41 bits per heavy atom. The highest BCUT2D eigenvalue weighted by Gasteiger charge is 2.24. The predicted molar refractivity (Wildman–Crippen MR) is 103 cm³/mol. The monoisotopic (exact) mass is 368 g/mol. The van der Waals surface area contributed by atoms with Gasteiger partial charge in [0.2, 0.25) is 0 Å². The average Bonchev–Trinajstić information content (AvgIpc) is 2.68. The smallest absolute Gasteiger partial charge is 0.272 e. The van der Waals surface area contributed by atoms with Crippen molar-refractivity contribution < 1.29 is 14.5 Å². The lowest BCUT2D eigenvalue weighted by molar-refractivity contribution is -0.385. The van der Waals surface area contributed by atoms with E-state index in [-0.39, 0.29) is 11.6 Å². The minimum atomic E-state index is -0.422. The van der Waals surface area contributed by atoms with Crippen LogP contribution in [0, 0.1) is 23.0 Å². The normalized spacial score (nSPS) is 14.8. The Hall–Kier alpha value is -2.89. The van der Waals surface area contributed by atoms with Crippen LogP contribution in [0.5, 0.6) is 5.75 Å². The molecule has 2 aromatic rings. The molecule has 1 saturated heterocycles. The Balaban J connectivity index is 1.57. The zero-order valence-corrected chi connectivity index (χ0v) is 15.7. The Bertz CT molecular complexity index is 825. The summed E-state index contributed by atoms with van der Waals surface area (Å²) in [5, 5.41) is 10.9. The van der Waals surface area contributed by atoms with Gasteiger partial charge in [0.1, 0.15) is 5.75 Å². The summed E-state index contributed by atoms with van der Waals surface area (Å²) >= 11 is 0. The van der Waals surface area contributed by atoms with Crippen LogP contribution >= 0.6 is 0 Å². The summed E-state index contributed by atoms with van der Waals surface area (Å²) in [6.45, 7) is 3.10. The van der Waals surface area contributed by atoms with E-state index in [4.69, 9.17) is 4.74 Å². The van der Waals surface area contributed by atoms with Gasteiger partial charge in [-0.15, -0.1) is 0 Å². The first-order chi connectivity index (χ1) is 13.0. The van der Waals surface area contributed by atoms with Gasteiger partial charge >= 0.3 is 0 Å². The minimum absolute atomic E-state index is 0.0455. The summed E-state index contributed by atoms with van der Waals surface area (Å²) < 4.78 is 5.19. The number of hydrogen-bond donors (Lipinski definition) is 0. The molecule has 0 bridgehead atoms. The summed E-state index contributed by atoms with van der Waals surface area (Å²) in [5.41, 5.74) is 2.36. The quantitative estimate of drug-likeness (QED) is 0.590. The fraction of sp³-hybridized carbons (Fsp3) is 0.381. The van der Waals surface area contributed by atoms with E-state index in [2.05, 4.69) is 12.1 Å². The van der Waals surface area contributed by atoms with Crippen LogP contribution in [-0.4, -0.2) is 35.9 Å². The number of nitro groups is 1. The molecule has 0 atom stereocenters. The number of piperidine rings is 1. The fourth-order valence-corrected chi connectivity index (χ4v) is 3.61. The number of carbonyl (C=O) groups is 1. The topological polar surface area (TPSA) is 72.7 Å². The van der Waals surface area contributed by atoms with Gasteiger partial charge < -0.3 is 9.64 Å². The predicted octanol–water partition coefficient (Wildman–Crippen LogP) is 4.01. The second kappa shape index (κ2) is 8.20. The van der Waals surface area contributed by atoms with Crippen molar-refractivity contribution >= 4 is 11.6 Å². The zero-order chi connectivity index (χ0) is 19.4. The van der Waals surface area contributed by atoms with Gasteiger partial charge in [0.05, 0.1) is 12.0 Å². The molecule has 1 fully saturated rings. The van der Waals surface area contributed by atoms with E-state index in [1.54, 1.807) is 26.2 Å². The van der Waals surface area contributed by atoms with Crippen LogP contribution in [0.25, 0.3) is 0 Å². The van der Waals surface area contributed by atoms with E-state index in [1.807, 2.05) is 17.0 Å². The highest BCUT2D eigenvalue weighted by atomic mass is 16.6. The Kier molecular flexibility index (Phi) is 5.74. The molecule has 1 aliphatic heterocycles. The number of nitro benzene ring substituents is 1. The highest BCUT2D eigenvalue weighted by molar-refractivity contribution is 5.94. The van der Waals surface area contributed by atoms with Crippen LogP contribution in [0.2, 0.25) is 0 Å². The lowest BCUT2D eigenvalue weighted by atomic mass is 9.90. The van der Waals surface area contributed by atoms with Crippen molar-refractivity contribution in [3.05, 3.63) is 69.3 Å². The number of hydrogen-bond acceptors (Lipinski definition) is 4. The van der Waals surface area contributed by atoms with Gasteiger partial charge in [-0.25, -0.2) is 0 Å². The lowest BCUT2D eigenvalue weighted by Gasteiger charge is -2.32. The standard InChI is InChI=1S/C21H24N2O4/c1-15-13-18(5-8-20(15)23(25)26)21(24)22-11-9-17(10-12-22)14-16-3-6-19(27-2)7-4-16/h3-8,13,17H,9-12,14H2,1-2H3. The molecule has 27 heavy (non-hydrogen) atoms. The molecule has 0 aliphatic carbocycles. The van der Waals surface area contributed by atoms with Gasteiger partial charge in [0, 0.05) is 30.3 Å². The summed E-state index contributed by atoms with van der Waals surface area (Å²) in [5.74, 6) is 1.37. The molecule has 3 rings (SSSR count). The number of amides is 1. The maximum absolute atomic E-state index is 12.7. The van der Waals surface area contributed by atoms with E-state index in [0.29, 0.717) is 17.0 Å². The summed E-state index contributed by atoms with van der Waals surface area (Å²) in [7, 11) is 1.66. The molecule has 2 aromatic carbocycles. The molecule has 0 spiro atoms. The van der Waals surface area contributed by atoms with Gasteiger partial charge in [-0.05, 0) is 61.9 Å². The van der Waals surface area contributed by atoms with E-state index in [0.717, 1.165) is 38.1 Å². The Labute approximate surface area is 158 Å². The third-order valence-electron chi connectivity index (χ3n) is 5.23. The van der Waals surface area contributed by atoms with Crippen molar-refractivity contribution in [2.24, 2.45) is 5.92 Å². The Morgan fingerprint density at radius 2 is 1.85 bits per heavy atom. The zero-order valence-electron chi connectivity index (χ0n) is 15.7. The van der Waals surface area contributed by atoms with Gasteiger partial charge in [-0.2, -0.15) is 0 Å². The molecule has 6 nitrogen and oxygen atoms in total. The molecular formula is C21H24N2O4. The first kappa shape index (κ1) is 18.9. The number of benzene rings is 2. The number of likely N-dealkylation sites (tertiary alicyclic amines) is 1. The Morgan fingerprint density at radius 1 is 1.19 bits per heavy atom. The van der Waals surface area contributed by atoms with E-state index in [9.17, 15) is 14.9 Å². The molecule has 0 aromatic heterocycles. The van der Waals surface area contributed by atoms with Crippen molar-refractivity contribution in [1.29, 1.82) is 0 Å². The maximum atomic E-state index is 12.7. The molecule has 0 radical (unpaired) electrons. The summed E-state index contributed by atoms with van der Waals surface area (Å²) in [4.78, 5) is 25.1. The highest BCUT2D eigenvalue weighted by Crippen LogP contribution is 2.25. The molecule has 0 unspecified atom stereocenters. The van der Waals surface area contributed by atoms with Gasteiger partial charge in [0.25, 0.3) is 11.6 Å². The molecular weight excluding hydrogens is 344 g/mol. The van der Waals surface area contributed by atoms with Crippen LogP contribution in [0.1, 0.15) is 34.3 Å². The fourth-order valence-electron chi connectivity index (χ4n) is 3.61. The number of carbonyl (C=O) groups excluding carboxylic acids is 1. The van der Waals surface area contributed by atoms with E-state index in [1.165, 1.54) is 11.6 Å². The van der Waals surface area contributed by atoms with Crippen molar-refractivity contribution in [3.63, 3.8) is 0 Å². The largest absolute Gasteiger partial charge is 0.497 e. The molecule has 0 saturated carbocycles. The second-order valence-electron chi connectivity index (χ2n) is 7.05. The first-order valence-corrected chi connectivity index (χ1v) is 9.15. The number of methoxy groups -OCH3 is 1. The van der Waals surface area contributed by atoms with Crippen molar-refractivity contribution in [1.82, 2.24) is 4.90 Å². The van der Waals surface area contributed by atoms with Crippen molar-refractivity contribution in [2.45, 2.75) is 26.2 Å². The first-order valence-electron chi connectivity index (χ1n) is 9.15. The molecule has 6 heteroatoms. The molecule has 0 N–H and O–H groups in total. The van der Waals surface area contributed by atoms with Crippen LogP contribution in [-0.2, 0) is 6.42 Å². The van der Waals surface area contributed by atoms with Gasteiger partial charge in [-0.1, -0.05) is 12.1 Å². The number of nitrogens with zero attached hydrogens (tertiary/aromatic N) is 2. The number of aryl methyl sites for hydroxylation is 1. The van der Waals surface area contributed by atoms with Crippen molar-refractivity contribution in [3.8, 4) is 5.75 Å². The molecule has 1 heterocycles. The van der Waals surface area contributed by atoms with E-state index < -0.39 is 4.92 Å². The van der Waals surface area contributed by atoms with Crippen LogP contribution < -0.4 is 4.74 Å². The maximum Gasteiger partial charge on any atom is 0.272 e. The average molecular weight is 368 g/mol. The molecule has 1 aliphatic rings. The van der Waals surface area contributed by atoms with Crippen LogP contribution in [0.15, 0.2) is 42.5 Å². The lowest BCUT2D eigenvalue weighted by Crippen LogP contribution is -2.38. The number of ether oxygens (including phenoxy) is 1. The minimum Gasteiger partial charge on any atom is -0.497 e. The van der Waals surface area contributed by atoms with Crippen molar-refractivity contribution in [2.75, 3.05) is 20.2 Å². The van der Waals surface area contributed by atoms with Crippen LogP contribution in [0.3, 0.4) is 0 Å². The van der Waals surface area contributed by atoms with Crippen LogP contribution in [0.4, 0.5) is 5.69 Å². The molecule has 1 amide bonds. The summed E-state index contributed by atoms with van der Waals surface area (Å²) in [6.07, 6.45) is 2.93.